The summed E-state index contributed by atoms with van der Waals surface area (Å²) in [5, 5.41) is 13.5. The fourth-order valence-electron chi connectivity index (χ4n) is 1.99. The predicted octanol–water partition coefficient (Wildman–Crippen LogP) is 1.59. The molecule has 2 aromatic rings. The Bertz CT molecular complexity index is 631. The molecule has 94 valence electrons. The largest absolute Gasteiger partial charge is 0.478 e. The minimum Gasteiger partial charge on any atom is -0.478 e. The van der Waals surface area contributed by atoms with E-state index < -0.39 is 5.97 Å². The van der Waals surface area contributed by atoms with E-state index in [0.29, 0.717) is 23.0 Å². The van der Waals surface area contributed by atoms with Crippen LogP contribution in [0.5, 0.6) is 0 Å². The molecule has 1 N–H and O–H groups in total. The van der Waals surface area contributed by atoms with E-state index >= 15 is 0 Å². The van der Waals surface area contributed by atoms with Gasteiger partial charge in [-0.2, -0.15) is 5.10 Å². The second kappa shape index (κ2) is 4.21. The van der Waals surface area contributed by atoms with Crippen LogP contribution >= 0.6 is 0 Å². The van der Waals surface area contributed by atoms with Gasteiger partial charge in [-0.3, -0.25) is 4.98 Å². The molecule has 2 rings (SSSR count). The summed E-state index contributed by atoms with van der Waals surface area (Å²) in [6, 6.07) is 1.71. The Hall–Kier alpha value is -2.24. The Morgan fingerprint density at radius 2 is 1.89 bits per heavy atom. The van der Waals surface area contributed by atoms with Gasteiger partial charge in [0.15, 0.2) is 0 Å². The first-order chi connectivity index (χ1) is 8.40. The summed E-state index contributed by atoms with van der Waals surface area (Å²) in [6.07, 6.45) is 0. The first-order valence-electron chi connectivity index (χ1n) is 5.52. The lowest BCUT2D eigenvalue weighted by Gasteiger charge is -2.10. The van der Waals surface area contributed by atoms with Crippen LogP contribution in [0.3, 0.4) is 0 Å². The number of hydrogen-bond donors (Lipinski definition) is 1. The molecular formula is C12H14N4O2. The van der Waals surface area contributed by atoms with Gasteiger partial charge >= 0.3 is 5.97 Å². The van der Waals surface area contributed by atoms with Gasteiger partial charge in [-0.25, -0.2) is 14.5 Å². The lowest BCUT2D eigenvalue weighted by molar-refractivity contribution is 0.0695. The number of aromatic nitrogens is 4. The number of hydrogen-bond acceptors (Lipinski definition) is 4. The summed E-state index contributed by atoms with van der Waals surface area (Å²) in [5.41, 5.74) is 1.89. The molecular weight excluding hydrogens is 232 g/mol. The minimum atomic E-state index is -1.01. The van der Waals surface area contributed by atoms with Crippen molar-refractivity contribution in [2.45, 2.75) is 27.7 Å². The topological polar surface area (TPSA) is 80.9 Å². The average Bonchev–Trinajstić information content (AvgIpc) is 2.55. The number of aromatic carboxylic acids is 1. The van der Waals surface area contributed by atoms with Crippen molar-refractivity contribution in [1.29, 1.82) is 0 Å². The third kappa shape index (κ3) is 1.97. The Labute approximate surface area is 104 Å². The molecule has 18 heavy (non-hydrogen) atoms. The van der Waals surface area contributed by atoms with Crippen molar-refractivity contribution >= 4 is 5.97 Å². The van der Waals surface area contributed by atoms with Crippen LogP contribution in [0.15, 0.2) is 6.07 Å². The van der Waals surface area contributed by atoms with E-state index in [9.17, 15) is 9.90 Å². The summed E-state index contributed by atoms with van der Waals surface area (Å²) >= 11 is 0. The van der Waals surface area contributed by atoms with Gasteiger partial charge in [0.2, 0.25) is 0 Å². The summed E-state index contributed by atoms with van der Waals surface area (Å²) in [5.74, 6) is 0.249. The molecule has 0 radical (unpaired) electrons. The SMILES string of the molecule is Cc1cc(-n2nc(C)nc2C)c(C(=O)O)c(C)n1. The van der Waals surface area contributed by atoms with E-state index in [4.69, 9.17) is 0 Å². The van der Waals surface area contributed by atoms with Gasteiger partial charge in [0.1, 0.15) is 17.2 Å². The molecule has 6 heteroatoms. The minimum absolute atomic E-state index is 0.161. The van der Waals surface area contributed by atoms with Crippen LogP contribution in [0.25, 0.3) is 5.69 Å². The van der Waals surface area contributed by atoms with Gasteiger partial charge in [0.25, 0.3) is 0 Å². The summed E-state index contributed by atoms with van der Waals surface area (Å²) in [4.78, 5) is 19.7. The van der Waals surface area contributed by atoms with Crippen LogP contribution in [-0.4, -0.2) is 30.8 Å². The Morgan fingerprint density at radius 3 is 2.39 bits per heavy atom. The van der Waals surface area contributed by atoms with Crippen LogP contribution in [0, 0.1) is 27.7 Å². The summed E-state index contributed by atoms with van der Waals surface area (Å²) in [6.45, 7) is 7.06. The Balaban J connectivity index is 2.77. The van der Waals surface area contributed by atoms with Gasteiger partial charge in [-0.05, 0) is 33.8 Å². The second-order valence-electron chi connectivity index (χ2n) is 4.17. The molecule has 2 aromatic heterocycles. The van der Waals surface area contributed by atoms with Gasteiger partial charge in [-0.1, -0.05) is 0 Å². The number of carboxylic acid groups (broad SMARTS) is 1. The smallest absolute Gasteiger partial charge is 0.339 e. The van der Waals surface area contributed by atoms with Crippen molar-refractivity contribution in [3.8, 4) is 5.69 Å². The normalized spacial score (nSPS) is 10.7. The second-order valence-corrected chi connectivity index (χ2v) is 4.17. The maximum absolute atomic E-state index is 11.3. The zero-order valence-corrected chi connectivity index (χ0v) is 10.7. The summed E-state index contributed by atoms with van der Waals surface area (Å²) in [7, 11) is 0. The van der Waals surface area contributed by atoms with E-state index in [2.05, 4.69) is 15.1 Å². The lowest BCUT2D eigenvalue weighted by Crippen LogP contribution is -2.12. The molecule has 0 bridgehead atoms. The van der Waals surface area contributed by atoms with Gasteiger partial charge in [0, 0.05) is 5.69 Å². The predicted molar refractivity (Wildman–Crippen MR) is 65.1 cm³/mol. The van der Waals surface area contributed by atoms with Crippen LogP contribution in [-0.2, 0) is 0 Å². The van der Waals surface area contributed by atoms with Crippen LogP contribution in [0.2, 0.25) is 0 Å². The third-order valence-corrected chi connectivity index (χ3v) is 2.62. The molecule has 0 aromatic carbocycles. The highest BCUT2D eigenvalue weighted by molar-refractivity contribution is 5.93. The standard InChI is InChI=1S/C12H14N4O2/c1-6-5-10(11(12(17)18)7(2)13-6)16-9(4)14-8(3)15-16/h5H,1-4H3,(H,17,18). The first-order valence-corrected chi connectivity index (χ1v) is 5.52. The first kappa shape index (κ1) is 12.2. The molecule has 2 heterocycles. The summed E-state index contributed by atoms with van der Waals surface area (Å²) < 4.78 is 1.54. The van der Waals surface area contributed by atoms with E-state index in [1.54, 1.807) is 31.5 Å². The fourth-order valence-corrected chi connectivity index (χ4v) is 1.99. The molecule has 0 aliphatic carbocycles. The zero-order valence-electron chi connectivity index (χ0n) is 10.7. The molecule has 0 amide bonds. The molecule has 0 saturated heterocycles. The maximum atomic E-state index is 11.3. The average molecular weight is 246 g/mol. The quantitative estimate of drug-likeness (QED) is 0.870. The van der Waals surface area contributed by atoms with Crippen molar-refractivity contribution in [2.75, 3.05) is 0 Å². The Morgan fingerprint density at radius 1 is 1.22 bits per heavy atom. The molecule has 0 spiro atoms. The molecule has 0 fully saturated rings. The van der Waals surface area contributed by atoms with Gasteiger partial charge < -0.3 is 5.11 Å². The number of carbonyl (C=O) groups is 1. The van der Waals surface area contributed by atoms with E-state index in [-0.39, 0.29) is 5.56 Å². The van der Waals surface area contributed by atoms with Gasteiger partial charge in [0.05, 0.1) is 11.4 Å². The third-order valence-electron chi connectivity index (χ3n) is 2.62. The highest BCUT2D eigenvalue weighted by atomic mass is 16.4. The highest BCUT2D eigenvalue weighted by Gasteiger charge is 2.19. The molecule has 0 aliphatic rings. The van der Waals surface area contributed by atoms with Crippen LogP contribution < -0.4 is 0 Å². The lowest BCUT2D eigenvalue weighted by atomic mass is 10.1. The number of pyridine rings is 1. The number of aryl methyl sites for hydroxylation is 4. The van der Waals surface area contributed by atoms with Crippen LogP contribution in [0.1, 0.15) is 33.4 Å². The molecule has 0 atom stereocenters. The van der Waals surface area contributed by atoms with E-state index in [1.807, 2.05) is 6.92 Å². The van der Waals surface area contributed by atoms with Crippen molar-refractivity contribution in [1.82, 2.24) is 19.7 Å². The monoisotopic (exact) mass is 246 g/mol. The number of nitrogens with zero attached hydrogens (tertiary/aromatic N) is 4. The van der Waals surface area contributed by atoms with Crippen molar-refractivity contribution in [3.63, 3.8) is 0 Å². The van der Waals surface area contributed by atoms with Crippen molar-refractivity contribution in [3.05, 3.63) is 34.7 Å². The fraction of sp³-hybridized carbons (Fsp3) is 0.333. The van der Waals surface area contributed by atoms with E-state index in [0.717, 1.165) is 5.69 Å². The maximum Gasteiger partial charge on any atom is 0.339 e. The highest BCUT2D eigenvalue weighted by Crippen LogP contribution is 2.19. The van der Waals surface area contributed by atoms with E-state index in [1.165, 1.54) is 0 Å². The number of carboxylic acids is 1. The van der Waals surface area contributed by atoms with Crippen molar-refractivity contribution < 1.29 is 9.90 Å². The number of rotatable bonds is 2. The Kier molecular flexibility index (Phi) is 2.86. The molecule has 6 nitrogen and oxygen atoms in total. The van der Waals surface area contributed by atoms with Crippen LogP contribution in [0.4, 0.5) is 0 Å². The molecule has 0 aliphatic heterocycles. The van der Waals surface area contributed by atoms with Crippen molar-refractivity contribution in [2.24, 2.45) is 0 Å². The molecule has 0 unspecified atom stereocenters. The zero-order chi connectivity index (χ0) is 13.4. The van der Waals surface area contributed by atoms with Gasteiger partial charge in [-0.15, -0.1) is 0 Å². The molecule has 0 saturated carbocycles.